The third kappa shape index (κ3) is 5.24. The Morgan fingerprint density at radius 3 is 2.76 bits per heavy atom. The number of halogens is 2. The Balaban J connectivity index is 1.38. The van der Waals surface area contributed by atoms with E-state index in [0.29, 0.717) is 32.3 Å². The van der Waals surface area contributed by atoms with Gasteiger partial charge < -0.3 is 9.15 Å². The van der Waals surface area contributed by atoms with Gasteiger partial charge in [-0.1, -0.05) is 18.2 Å². The van der Waals surface area contributed by atoms with Gasteiger partial charge in [-0.15, -0.1) is 0 Å². The minimum absolute atomic E-state index is 0.0271. The van der Waals surface area contributed by atoms with Crippen LogP contribution in [-0.2, 0) is 6.61 Å². The molecule has 10 heteroatoms. The summed E-state index contributed by atoms with van der Waals surface area (Å²) in [5, 5.41) is 15.2. The first-order valence-electron chi connectivity index (χ1n) is 9.58. The number of furan rings is 1. The Labute approximate surface area is 194 Å². The Morgan fingerprint density at radius 1 is 1.18 bits per heavy atom. The van der Waals surface area contributed by atoms with Crippen LogP contribution in [0.15, 0.2) is 80.7 Å². The lowest BCUT2D eigenvalue weighted by atomic mass is 10.2. The number of nitro groups is 1. The zero-order chi connectivity index (χ0) is 23.4. The van der Waals surface area contributed by atoms with Crippen LogP contribution in [0.4, 0.5) is 10.1 Å². The molecule has 1 amide bonds. The number of rotatable bonds is 7. The molecule has 0 aliphatic rings. The number of nitro benzene ring substituents is 1. The summed E-state index contributed by atoms with van der Waals surface area (Å²) in [5.41, 5.74) is 3.71. The summed E-state index contributed by atoms with van der Waals surface area (Å²) in [6, 6.07) is 17.0. The molecular weight excluding hydrogens is 497 g/mol. The molecule has 1 aromatic heterocycles. The van der Waals surface area contributed by atoms with Crippen LogP contribution in [0.2, 0.25) is 0 Å². The van der Waals surface area contributed by atoms with E-state index in [9.17, 15) is 19.3 Å². The molecule has 0 atom stereocenters. The van der Waals surface area contributed by atoms with E-state index in [1.165, 1.54) is 36.5 Å². The number of nitrogens with one attached hydrogen (secondary N) is 1. The highest BCUT2D eigenvalue weighted by molar-refractivity contribution is 9.10. The SMILES string of the molecule is O=C(N/N=C/c1ccc(OCc2ccccc2F)c(Br)c1)c1cc2cc([N+](=O)[O-])ccc2o1. The molecule has 1 heterocycles. The van der Waals surface area contributed by atoms with E-state index in [1.54, 1.807) is 36.4 Å². The van der Waals surface area contributed by atoms with Crippen LogP contribution in [0, 0.1) is 15.9 Å². The molecule has 33 heavy (non-hydrogen) atoms. The van der Waals surface area contributed by atoms with Crippen molar-refractivity contribution in [3.63, 3.8) is 0 Å². The van der Waals surface area contributed by atoms with Crippen molar-refractivity contribution in [1.29, 1.82) is 0 Å². The van der Waals surface area contributed by atoms with Crippen LogP contribution in [0.1, 0.15) is 21.7 Å². The molecule has 0 spiro atoms. The predicted molar refractivity (Wildman–Crippen MR) is 123 cm³/mol. The molecule has 0 unspecified atom stereocenters. The average molecular weight is 512 g/mol. The van der Waals surface area contributed by atoms with Crippen molar-refractivity contribution in [2.24, 2.45) is 5.10 Å². The van der Waals surface area contributed by atoms with Crippen LogP contribution >= 0.6 is 15.9 Å². The van der Waals surface area contributed by atoms with E-state index in [-0.39, 0.29) is 23.9 Å². The number of fused-ring (bicyclic) bond motifs is 1. The summed E-state index contributed by atoms with van der Waals surface area (Å²) in [6.07, 6.45) is 1.43. The lowest BCUT2D eigenvalue weighted by Gasteiger charge is -2.09. The molecule has 0 fully saturated rings. The molecule has 4 aromatic rings. The van der Waals surface area contributed by atoms with Gasteiger partial charge in [-0.2, -0.15) is 5.10 Å². The van der Waals surface area contributed by atoms with Crippen molar-refractivity contribution in [2.75, 3.05) is 0 Å². The maximum Gasteiger partial charge on any atom is 0.307 e. The molecule has 0 saturated heterocycles. The number of benzene rings is 3. The van der Waals surface area contributed by atoms with E-state index in [0.717, 1.165) is 0 Å². The number of nitrogens with zero attached hydrogens (tertiary/aromatic N) is 2. The number of hydrogen-bond donors (Lipinski definition) is 1. The lowest BCUT2D eigenvalue weighted by molar-refractivity contribution is -0.384. The summed E-state index contributed by atoms with van der Waals surface area (Å²) in [4.78, 5) is 22.6. The standard InChI is InChI=1S/C23H15BrFN3O5/c24-18-9-14(5-7-21(18)32-13-15-3-1-2-4-19(15)25)12-26-27-23(29)22-11-16-10-17(28(30)31)6-8-20(16)33-22/h1-12H,13H2,(H,27,29)/b26-12+. The number of carbonyl (C=O) groups is 1. The van der Waals surface area contributed by atoms with Gasteiger partial charge in [0.1, 0.15) is 23.8 Å². The smallest absolute Gasteiger partial charge is 0.307 e. The van der Waals surface area contributed by atoms with E-state index in [4.69, 9.17) is 9.15 Å². The minimum Gasteiger partial charge on any atom is -0.488 e. The Kier molecular flexibility index (Phi) is 6.45. The first-order chi connectivity index (χ1) is 15.9. The van der Waals surface area contributed by atoms with Gasteiger partial charge in [-0.05, 0) is 57.9 Å². The number of amides is 1. The van der Waals surface area contributed by atoms with Crippen molar-refractivity contribution in [3.05, 3.63) is 104 Å². The molecule has 0 radical (unpaired) electrons. The maximum atomic E-state index is 13.7. The molecule has 4 rings (SSSR count). The van der Waals surface area contributed by atoms with Crippen LogP contribution in [0.3, 0.4) is 0 Å². The molecular formula is C23H15BrFN3O5. The topological polar surface area (TPSA) is 107 Å². The van der Waals surface area contributed by atoms with Crippen LogP contribution in [0.25, 0.3) is 11.0 Å². The van der Waals surface area contributed by atoms with E-state index < -0.39 is 10.8 Å². The van der Waals surface area contributed by atoms with Crippen molar-refractivity contribution < 1.29 is 23.3 Å². The normalized spacial score (nSPS) is 11.1. The number of non-ortho nitro benzene ring substituents is 1. The number of hydrogen-bond acceptors (Lipinski definition) is 6. The van der Waals surface area contributed by atoms with E-state index >= 15 is 0 Å². The Bertz CT molecular complexity index is 1390. The van der Waals surface area contributed by atoms with Crippen molar-refractivity contribution in [1.82, 2.24) is 5.43 Å². The summed E-state index contributed by atoms with van der Waals surface area (Å²) in [5.74, 6) is -0.443. The highest BCUT2D eigenvalue weighted by Crippen LogP contribution is 2.27. The number of ether oxygens (including phenoxy) is 1. The summed E-state index contributed by atoms with van der Waals surface area (Å²) >= 11 is 3.40. The fraction of sp³-hybridized carbons (Fsp3) is 0.0435. The largest absolute Gasteiger partial charge is 0.488 e. The van der Waals surface area contributed by atoms with Gasteiger partial charge in [0.05, 0.1) is 15.6 Å². The maximum absolute atomic E-state index is 13.7. The van der Waals surface area contributed by atoms with Gasteiger partial charge in [0.2, 0.25) is 0 Å². The van der Waals surface area contributed by atoms with Gasteiger partial charge in [-0.25, -0.2) is 9.82 Å². The minimum atomic E-state index is -0.603. The van der Waals surface area contributed by atoms with Gasteiger partial charge in [0.15, 0.2) is 5.76 Å². The molecule has 1 N–H and O–H groups in total. The Morgan fingerprint density at radius 2 is 2.00 bits per heavy atom. The van der Waals surface area contributed by atoms with Crippen molar-refractivity contribution in [3.8, 4) is 5.75 Å². The summed E-state index contributed by atoms with van der Waals surface area (Å²) in [6.45, 7) is 0.0788. The fourth-order valence-corrected chi connectivity index (χ4v) is 3.47. The molecule has 166 valence electrons. The summed E-state index contributed by atoms with van der Waals surface area (Å²) in [7, 11) is 0. The molecule has 0 saturated carbocycles. The second-order valence-electron chi connectivity index (χ2n) is 6.86. The fourth-order valence-electron chi connectivity index (χ4n) is 2.96. The van der Waals surface area contributed by atoms with Crippen LogP contribution in [-0.4, -0.2) is 17.0 Å². The summed E-state index contributed by atoms with van der Waals surface area (Å²) < 4.78 is 25.4. The van der Waals surface area contributed by atoms with Crippen LogP contribution in [0.5, 0.6) is 5.75 Å². The second kappa shape index (κ2) is 9.61. The Hall–Kier alpha value is -4.05. The first-order valence-corrected chi connectivity index (χ1v) is 10.4. The predicted octanol–water partition coefficient (Wildman–Crippen LogP) is 5.59. The van der Waals surface area contributed by atoms with Gasteiger partial charge in [0.25, 0.3) is 5.69 Å². The van der Waals surface area contributed by atoms with Crippen molar-refractivity contribution >= 4 is 44.7 Å². The van der Waals surface area contributed by atoms with Gasteiger partial charge in [-0.3, -0.25) is 14.9 Å². The van der Waals surface area contributed by atoms with E-state index in [1.807, 2.05) is 0 Å². The van der Waals surface area contributed by atoms with Gasteiger partial charge in [0, 0.05) is 23.1 Å². The lowest BCUT2D eigenvalue weighted by Crippen LogP contribution is -2.16. The highest BCUT2D eigenvalue weighted by atomic mass is 79.9. The highest BCUT2D eigenvalue weighted by Gasteiger charge is 2.14. The first kappa shape index (κ1) is 22.2. The van der Waals surface area contributed by atoms with E-state index in [2.05, 4.69) is 26.5 Å². The number of hydrazone groups is 1. The molecule has 0 aliphatic heterocycles. The van der Waals surface area contributed by atoms with Crippen molar-refractivity contribution in [2.45, 2.75) is 6.61 Å². The van der Waals surface area contributed by atoms with Crippen LogP contribution < -0.4 is 10.2 Å². The zero-order valence-corrected chi connectivity index (χ0v) is 18.4. The zero-order valence-electron chi connectivity index (χ0n) is 16.8. The average Bonchev–Trinajstić information content (AvgIpc) is 3.23. The van der Waals surface area contributed by atoms with Gasteiger partial charge >= 0.3 is 5.91 Å². The molecule has 0 bridgehead atoms. The third-order valence-corrected chi connectivity index (χ3v) is 5.23. The second-order valence-corrected chi connectivity index (χ2v) is 7.71. The monoisotopic (exact) mass is 511 g/mol. The molecule has 8 nitrogen and oxygen atoms in total. The molecule has 0 aliphatic carbocycles. The third-order valence-electron chi connectivity index (χ3n) is 4.61. The quantitative estimate of drug-likeness (QED) is 0.198. The molecule has 3 aromatic carbocycles. The number of carbonyl (C=O) groups excluding carboxylic acids is 1.